The van der Waals surface area contributed by atoms with E-state index < -0.39 is 0 Å². The second-order valence-electron chi connectivity index (χ2n) is 4.72. The monoisotopic (exact) mass is 291 g/mol. The summed E-state index contributed by atoms with van der Waals surface area (Å²) < 4.78 is 5.35. The molecule has 0 spiro atoms. The van der Waals surface area contributed by atoms with Crippen molar-refractivity contribution < 1.29 is 4.52 Å². The van der Waals surface area contributed by atoms with Gasteiger partial charge in [0.1, 0.15) is 0 Å². The zero-order valence-corrected chi connectivity index (χ0v) is 13.0. The molecule has 1 unspecified atom stereocenters. The molecule has 0 aliphatic carbocycles. The topological polar surface area (TPSA) is 51.0 Å². The molecule has 1 aromatic heterocycles. The summed E-state index contributed by atoms with van der Waals surface area (Å²) >= 11 is 1.72. The van der Waals surface area contributed by atoms with Gasteiger partial charge in [-0.15, -0.1) is 11.8 Å². The van der Waals surface area contributed by atoms with Crippen LogP contribution in [0.5, 0.6) is 0 Å². The third-order valence-electron chi connectivity index (χ3n) is 3.28. The van der Waals surface area contributed by atoms with E-state index in [2.05, 4.69) is 40.8 Å². The molecule has 0 radical (unpaired) electrons. The molecule has 1 atom stereocenters. The van der Waals surface area contributed by atoms with E-state index in [1.54, 1.807) is 11.8 Å². The van der Waals surface area contributed by atoms with Crippen molar-refractivity contribution in [2.75, 3.05) is 13.3 Å². The van der Waals surface area contributed by atoms with Crippen molar-refractivity contribution in [3.05, 3.63) is 30.2 Å². The van der Waals surface area contributed by atoms with Crippen LogP contribution in [0.15, 0.2) is 33.7 Å². The van der Waals surface area contributed by atoms with Crippen molar-refractivity contribution in [3.8, 4) is 11.4 Å². The minimum absolute atomic E-state index is 0.396. The molecule has 0 bridgehead atoms. The zero-order valence-electron chi connectivity index (χ0n) is 12.2. The van der Waals surface area contributed by atoms with Gasteiger partial charge in [-0.2, -0.15) is 4.98 Å². The van der Waals surface area contributed by atoms with Gasteiger partial charge in [0, 0.05) is 22.9 Å². The van der Waals surface area contributed by atoms with E-state index in [0.717, 1.165) is 24.8 Å². The molecule has 0 saturated carbocycles. The van der Waals surface area contributed by atoms with Gasteiger partial charge in [-0.25, -0.2) is 0 Å². The van der Waals surface area contributed by atoms with E-state index in [-0.39, 0.29) is 0 Å². The molecule has 0 aliphatic rings. The molecule has 0 aliphatic heterocycles. The fourth-order valence-electron chi connectivity index (χ4n) is 2.10. The lowest BCUT2D eigenvalue weighted by Crippen LogP contribution is -2.27. The lowest BCUT2D eigenvalue weighted by Gasteiger charge is -2.11. The smallest absolute Gasteiger partial charge is 0.228 e. The average molecular weight is 291 g/mol. The molecule has 2 rings (SSSR count). The molecule has 1 heterocycles. The van der Waals surface area contributed by atoms with Gasteiger partial charge in [0.15, 0.2) is 0 Å². The Labute approximate surface area is 124 Å². The third-order valence-corrected chi connectivity index (χ3v) is 4.03. The van der Waals surface area contributed by atoms with Crippen molar-refractivity contribution in [2.24, 2.45) is 0 Å². The van der Waals surface area contributed by atoms with Crippen LogP contribution in [0.3, 0.4) is 0 Å². The normalized spacial score (nSPS) is 12.6. The van der Waals surface area contributed by atoms with E-state index >= 15 is 0 Å². The van der Waals surface area contributed by atoms with Crippen molar-refractivity contribution in [2.45, 2.75) is 37.1 Å². The summed E-state index contributed by atoms with van der Waals surface area (Å²) in [6, 6.07) is 8.60. The fraction of sp³-hybridized carbons (Fsp3) is 0.467. The second-order valence-corrected chi connectivity index (χ2v) is 5.60. The fourth-order valence-corrected chi connectivity index (χ4v) is 2.51. The van der Waals surface area contributed by atoms with Crippen LogP contribution in [0.1, 0.15) is 25.7 Å². The summed E-state index contributed by atoms with van der Waals surface area (Å²) in [5.74, 6) is 1.36. The second kappa shape index (κ2) is 7.45. The molecule has 1 N–H and O–H groups in total. The minimum Gasteiger partial charge on any atom is -0.339 e. The zero-order chi connectivity index (χ0) is 14.4. The van der Waals surface area contributed by atoms with Gasteiger partial charge in [-0.1, -0.05) is 18.5 Å². The molecule has 1 aromatic carbocycles. The first kappa shape index (κ1) is 15.1. The Morgan fingerprint density at radius 2 is 2.05 bits per heavy atom. The highest BCUT2D eigenvalue weighted by Crippen LogP contribution is 2.21. The lowest BCUT2D eigenvalue weighted by atomic mass is 10.1. The van der Waals surface area contributed by atoms with Crippen LogP contribution in [-0.4, -0.2) is 29.5 Å². The van der Waals surface area contributed by atoms with Crippen LogP contribution in [0.25, 0.3) is 11.4 Å². The van der Waals surface area contributed by atoms with Crippen LogP contribution >= 0.6 is 11.8 Å². The summed E-state index contributed by atoms with van der Waals surface area (Å²) in [5.41, 5.74) is 0.995. The van der Waals surface area contributed by atoms with Crippen molar-refractivity contribution in [1.29, 1.82) is 0 Å². The number of aromatic nitrogens is 2. The van der Waals surface area contributed by atoms with Crippen LogP contribution in [0.4, 0.5) is 0 Å². The van der Waals surface area contributed by atoms with Crippen molar-refractivity contribution in [3.63, 3.8) is 0 Å². The Balaban J connectivity index is 2.07. The van der Waals surface area contributed by atoms with Crippen molar-refractivity contribution >= 4 is 11.8 Å². The van der Waals surface area contributed by atoms with Gasteiger partial charge >= 0.3 is 0 Å². The molecule has 5 heteroatoms. The molecule has 4 nitrogen and oxygen atoms in total. The first-order valence-corrected chi connectivity index (χ1v) is 8.13. The standard InChI is InChI=1S/C15H21N3OS/c1-4-5-12(16-2)10-14-17-15(18-19-14)11-6-8-13(20-3)9-7-11/h6-9,12,16H,4-5,10H2,1-3H3. The predicted octanol–water partition coefficient (Wildman–Crippen LogP) is 3.39. The molecular formula is C15H21N3OS. The molecular weight excluding hydrogens is 270 g/mol. The van der Waals surface area contributed by atoms with Crippen molar-refractivity contribution in [1.82, 2.24) is 15.5 Å². The van der Waals surface area contributed by atoms with Gasteiger partial charge in [0.25, 0.3) is 0 Å². The molecule has 0 saturated heterocycles. The van der Waals surface area contributed by atoms with E-state index in [0.29, 0.717) is 17.8 Å². The Morgan fingerprint density at radius 3 is 2.65 bits per heavy atom. The maximum atomic E-state index is 5.35. The highest BCUT2D eigenvalue weighted by atomic mass is 32.2. The van der Waals surface area contributed by atoms with Gasteiger partial charge in [0.2, 0.25) is 11.7 Å². The number of nitrogens with zero attached hydrogens (tertiary/aromatic N) is 2. The van der Waals surface area contributed by atoms with E-state index in [4.69, 9.17) is 4.52 Å². The van der Waals surface area contributed by atoms with Crippen LogP contribution in [0, 0.1) is 0 Å². The summed E-state index contributed by atoms with van der Waals surface area (Å²) in [5, 5.41) is 7.35. The quantitative estimate of drug-likeness (QED) is 0.792. The van der Waals surface area contributed by atoms with E-state index in [1.807, 2.05) is 19.2 Å². The predicted molar refractivity (Wildman–Crippen MR) is 83.0 cm³/mol. The highest BCUT2D eigenvalue weighted by Gasteiger charge is 2.13. The van der Waals surface area contributed by atoms with Crippen LogP contribution in [0.2, 0.25) is 0 Å². The Hall–Kier alpha value is -1.33. The Kier molecular flexibility index (Phi) is 5.61. The van der Waals surface area contributed by atoms with E-state index in [9.17, 15) is 0 Å². The molecule has 0 amide bonds. The Bertz CT molecular complexity index is 524. The number of nitrogens with one attached hydrogen (secondary N) is 1. The molecule has 0 fully saturated rings. The SMILES string of the molecule is CCCC(Cc1nc(-c2ccc(SC)cc2)no1)NC. The number of thioether (sulfide) groups is 1. The first-order chi connectivity index (χ1) is 9.76. The van der Waals surface area contributed by atoms with Gasteiger partial charge < -0.3 is 9.84 Å². The summed E-state index contributed by atoms with van der Waals surface area (Å²) in [6.07, 6.45) is 5.09. The van der Waals surface area contributed by atoms with Crippen LogP contribution in [-0.2, 0) is 6.42 Å². The maximum absolute atomic E-state index is 5.35. The number of benzene rings is 1. The van der Waals surface area contributed by atoms with E-state index in [1.165, 1.54) is 4.90 Å². The summed E-state index contributed by atoms with van der Waals surface area (Å²) in [7, 11) is 1.97. The minimum atomic E-state index is 0.396. The summed E-state index contributed by atoms with van der Waals surface area (Å²) in [4.78, 5) is 5.71. The van der Waals surface area contributed by atoms with Gasteiger partial charge in [-0.05, 0) is 44.0 Å². The van der Waals surface area contributed by atoms with Gasteiger partial charge in [-0.3, -0.25) is 0 Å². The average Bonchev–Trinajstić information content (AvgIpc) is 2.95. The largest absolute Gasteiger partial charge is 0.339 e. The molecule has 20 heavy (non-hydrogen) atoms. The third kappa shape index (κ3) is 3.84. The number of hydrogen-bond acceptors (Lipinski definition) is 5. The maximum Gasteiger partial charge on any atom is 0.228 e. The number of hydrogen-bond donors (Lipinski definition) is 1. The number of rotatable bonds is 7. The molecule has 108 valence electrons. The lowest BCUT2D eigenvalue weighted by molar-refractivity contribution is 0.356. The van der Waals surface area contributed by atoms with Crippen LogP contribution < -0.4 is 5.32 Å². The first-order valence-electron chi connectivity index (χ1n) is 6.91. The highest BCUT2D eigenvalue weighted by molar-refractivity contribution is 7.98. The van der Waals surface area contributed by atoms with Gasteiger partial charge in [0.05, 0.1) is 0 Å². The Morgan fingerprint density at radius 1 is 1.30 bits per heavy atom. The summed E-state index contributed by atoms with van der Waals surface area (Å²) in [6.45, 7) is 2.18. The molecule has 2 aromatic rings. The number of likely N-dealkylation sites (N-methyl/N-ethyl adjacent to an activating group) is 1.